The molecule has 0 saturated heterocycles. The summed E-state index contributed by atoms with van der Waals surface area (Å²) < 4.78 is 4.97. The van der Waals surface area contributed by atoms with Crippen LogP contribution in [0.2, 0.25) is 0 Å². The van der Waals surface area contributed by atoms with Crippen LogP contribution < -0.4 is 5.73 Å². The Balaban J connectivity index is 2.46. The van der Waals surface area contributed by atoms with Gasteiger partial charge in [0, 0.05) is 5.39 Å². The van der Waals surface area contributed by atoms with Crippen LogP contribution in [0.15, 0.2) is 28.9 Å². The maximum Gasteiger partial charge on any atom is 0.166 e. The smallest absolute Gasteiger partial charge is 0.166 e. The first-order chi connectivity index (χ1) is 5.90. The zero-order valence-corrected chi connectivity index (χ0v) is 6.66. The second-order valence-electron chi connectivity index (χ2n) is 2.74. The number of rotatable bonds is 2. The van der Waals surface area contributed by atoms with Crippen molar-refractivity contribution in [1.82, 2.24) is 5.16 Å². The van der Waals surface area contributed by atoms with E-state index in [0.717, 1.165) is 17.4 Å². The van der Waals surface area contributed by atoms with E-state index in [1.54, 1.807) is 6.20 Å². The molecule has 62 valence electrons. The first-order valence-electron chi connectivity index (χ1n) is 3.93. The van der Waals surface area contributed by atoms with Crippen molar-refractivity contribution in [2.24, 2.45) is 5.73 Å². The van der Waals surface area contributed by atoms with Gasteiger partial charge in [0.15, 0.2) is 5.58 Å². The molecule has 3 nitrogen and oxygen atoms in total. The Morgan fingerprint density at radius 3 is 3.17 bits per heavy atom. The van der Waals surface area contributed by atoms with Crippen LogP contribution >= 0.6 is 0 Å². The van der Waals surface area contributed by atoms with Crippen LogP contribution in [0.1, 0.15) is 5.56 Å². The predicted octanol–water partition coefficient (Wildman–Crippen LogP) is 1.33. The van der Waals surface area contributed by atoms with E-state index in [-0.39, 0.29) is 0 Å². The third-order valence-electron chi connectivity index (χ3n) is 1.85. The van der Waals surface area contributed by atoms with Gasteiger partial charge in [0.2, 0.25) is 0 Å². The molecule has 2 aromatic rings. The number of fused-ring (bicyclic) bond motifs is 1. The Hall–Kier alpha value is -1.35. The third kappa shape index (κ3) is 1.19. The summed E-state index contributed by atoms with van der Waals surface area (Å²) in [7, 11) is 0. The molecule has 0 fully saturated rings. The van der Waals surface area contributed by atoms with Gasteiger partial charge in [-0.15, -0.1) is 0 Å². The molecule has 0 aliphatic carbocycles. The molecule has 0 aliphatic heterocycles. The molecule has 0 aliphatic rings. The first-order valence-corrected chi connectivity index (χ1v) is 3.93. The minimum atomic E-state index is 0.677. The van der Waals surface area contributed by atoms with Gasteiger partial charge in [-0.1, -0.05) is 11.2 Å². The normalized spacial score (nSPS) is 10.8. The van der Waals surface area contributed by atoms with Crippen LogP contribution in [0.25, 0.3) is 11.0 Å². The molecule has 1 heterocycles. The summed E-state index contributed by atoms with van der Waals surface area (Å²) in [5, 5.41) is 4.74. The van der Waals surface area contributed by atoms with Crippen LogP contribution in [0.4, 0.5) is 0 Å². The molecule has 0 spiro atoms. The maximum absolute atomic E-state index is 5.44. The molecule has 0 saturated carbocycles. The number of benzene rings is 1. The molecule has 1 aromatic heterocycles. The fourth-order valence-corrected chi connectivity index (χ4v) is 1.24. The van der Waals surface area contributed by atoms with Gasteiger partial charge in [-0.2, -0.15) is 0 Å². The molecule has 0 bridgehead atoms. The van der Waals surface area contributed by atoms with Gasteiger partial charge in [0.1, 0.15) is 0 Å². The van der Waals surface area contributed by atoms with E-state index in [9.17, 15) is 0 Å². The zero-order valence-electron chi connectivity index (χ0n) is 6.66. The summed E-state index contributed by atoms with van der Waals surface area (Å²) >= 11 is 0. The number of nitrogens with zero attached hydrogens (tertiary/aromatic N) is 1. The Bertz CT molecular complexity index is 381. The standard InChI is InChI=1S/C9H10N2O/c10-4-3-7-1-2-9-8(5-7)6-11-12-9/h1-2,5-6H,3-4,10H2. The van der Waals surface area contributed by atoms with E-state index in [1.165, 1.54) is 5.56 Å². The van der Waals surface area contributed by atoms with Gasteiger partial charge in [-0.3, -0.25) is 0 Å². The second kappa shape index (κ2) is 2.95. The summed E-state index contributed by atoms with van der Waals surface area (Å²) in [4.78, 5) is 0. The highest BCUT2D eigenvalue weighted by atomic mass is 16.5. The molecule has 2 rings (SSSR count). The Morgan fingerprint density at radius 2 is 2.33 bits per heavy atom. The van der Waals surface area contributed by atoms with Crippen LogP contribution in [-0.4, -0.2) is 11.7 Å². The molecule has 3 heteroatoms. The largest absolute Gasteiger partial charge is 0.356 e. The summed E-state index contributed by atoms with van der Waals surface area (Å²) in [5.41, 5.74) is 7.50. The lowest BCUT2D eigenvalue weighted by molar-refractivity contribution is 0.456. The number of aromatic nitrogens is 1. The number of hydrogen-bond acceptors (Lipinski definition) is 3. The van der Waals surface area contributed by atoms with Crippen LogP contribution in [-0.2, 0) is 6.42 Å². The molecule has 12 heavy (non-hydrogen) atoms. The number of hydrogen-bond donors (Lipinski definition) is 1. The molecular weight excluding hydrogens is 152 g/mol. The SMILES string of the molecule is NCCc1ccc2oncc2c1. The van der Waals surface area contributed by atoms with Crippen molar-refractivity contribution in [1.29, 1.82) is 0 Å². The Kier molecular flexibility index (Phi) is 1.80. The van der Waals surface area contributed by atoms with Crippen molar-refractivity contribution in [3.8, 4) is 0 Å². The van der Waals surface area contributed by atoms with Crippen LogP contribution in [0.5, 0.6) is 0 Å². The van der Waals surface area contributed by atoms with E-state index in [4.69, 9.17) is 10.3 Å². The van der Waals surface area contributed by atoms with E-state index in [1.807, 2.05) is 12.1 Å². The van der Waals surface area contributed by atoms with Gasteiger partial charge in [0.25, 0.3) is 0 Å². The van der Waals surface area contributed by atoms with E-state index in [0.29, 0.717) is 6.54 Å². The van der Waals surface area contributed by atoms with Crippen molar-refractivity contribution < 1.29 is 4.52 Å². The monoisotopic (exact) mass is 162 g/mol. The summed E-state index contributed by atoms with van der Waals surface area (Å²) in [6, 6.07) is 5.99. The van der Waals surface area contributed by atoms with Crippen molar-refractivity contribution in [3.63, 3.8) is 0 Å². The second-order valence-corrected chi connectivity index (χ2v) is 2.74. The highest BCUT2D eigenvalue weighted by Gasteiger charge is 1.98. The average molecular weight is 162 g/mol. The molecule has 2 N–H and O–H groups in total. The first kappa shape index (κ1) is 7.31. The van der Waals surface area contributed by atoms with Gasteiger partial charge >= 0.3 is 0 Å². The van der Waals surface area contributed by atoms with Gasteiger partial charge in [-0.05, 0) is 30.7 Å². The van der Waals surface area contributed by atoms with E-state index in [2.05, 4.69) is 11.2 Å². The van der Waals surface area contributed by atoms with Gasteiger partial charge in [0.05, 0.1) is 6.20 Å². The van der Waals surface area contributed by atoms with Crippen molar-refractivity contribution in [3.05, 3.63) is 30.0 Å². The maximum atomic E-state index is 5.44. The Morgan fingerprint density at radius 1 is 1.42 bits per heavy atom. The molecule has 0 radical (unpaired) electrons. The fraction of sp³-hybridized carbons (Fsp3) is 0.222. The lowest BCUT2D eigenvalue weighted by Crippen LogP contribution is -2.02. The topological polar surface area (TPSA) is 52.0 Å². The summed E-state index contributed by atoms with van der Waals surface area (Å²) in [5.74, 6) is 0. The van der Waals surface area contributed by atoms with Crippen LogP contribution in [0.3, 0.4) is 0 Å². The van der Waals surface area contributed by atoms with Crippen LogP contribution in [0, 0.1) is 0 Å². The van der Waals surface area contributed by atoms with Gasteiger partial charge in [-0.25, -0.2) is 0 Å². The third-order valence-corrected chi connectivity index (χ3v) is 1.85. The highest BCUT2D eigenvalue weighted by Crippen LogP contribution is 2.14. The zero-order chi connectivity index (χ0) is 8.39. The van der Waals surface area contributed by atoms with E-state index >= 15 is 0 Å². The lowest BCUT2D eigenvalue weighted by atomic mass is 10.1. The molecule has 1 aromatic carbocycles. The molecule has 0 amide bonds. The predicted molar refractivity (Wildman–Crippen MR) is 46.8 cm³/mol. The quantitative estimate of drug-likeness (QED) is 0.724. The fourth-order valence-electron chi connectivity index (χ4n) is 1.24. The van der Waals surface area contributed by atoms with Crippen molar-refractivity contribution >= 4 is 11.0 Å². The number of nitrogens with two attached hydrogens (primary N) is 1. The summed E-state index contributed by atoms with van der Waals surface area (Å²) in [6.45, 7) is 0.677. The minimum absolute atomic E-state index is 0.677. The molecular formula is C9H10N2O. The Labute approximate surface area is 70.1 Å². The lowest BCUT2D eigenvalue weighted by Gasteiger charge is -1.95. The average Bonchev–Trinajstić information content (AvgIpc) is 2.51. The van der Waals surface area contributed by atoms with Gasteiger partial charge < -0.3 is 10.3 Å². The van der Waals surface area contributed by atoms with Crippen molar-refractivity contribution in [2.45, 2.75) is 6.42 Å². The minimum Gasteiger partial charge on any atom is -0.356 e. The molecule has 0 unspecified atom stereocenters. The molecule has 0 atom stereocenters. The van der Waals surface area contributed by atoms with Crippen molar-refractivity contribution in [2.75, 3.05) is 6.54 Å². The highest BCUT2D eigenvalue weighted by molar-refractivity contribution is 5.76. The summed E-state index contributed by atoms with van der Waals surface area (Å²) in [6.07, 6.45) is 2.62. The van der Waals surface area contributed by atoms with E-state index < -0.39 is 0 Å².